The van der Waals surface area contributed by atoms with Crippen LogP contribution in [-0.4, -0.2) is 22.7 Å². The molecule has 3 nitrogen and oxygen atoms in total. The van der Waals surface area contributed by atoms with Crippen LogP contribution in [0.4, 0.5) is 0 Å². The number of aliphatic hydroxyl groups is 1. The number of rotatable bonds is 3. The van der Waals surface area contributed by atoms with Crippen LogP contribution in [-0.2, 0) is 4.79 Å². The maximum Gasteiger partial charge on any atom is 0.253 e. The SMILES string of the molecule is CC(C)(C)NC(=O)[C@@H](O)/C=C/c1cccs1. The Morgan fingerprint density at radius 3 is 2.75 bits per heavy atom. The molecule has 1 aromatic heterocycles. The molecule has 2 N–H and O–H groups in total. The molecule has 0 aliphatic rings. The van der Waals surface area contributed by atoms with Crippen LogP contribution in [0.15, 0.2) is 23.6 Å². The second-order valence-corrected chi connectivity index (χ2v) is 5.54. The van der Waals surface area contributed by atoms with Gasteiger partial charge in [0.25, 0.3) is 5.91 Å². The molecule has 0 radical (unpaired) electrons. The molecule has 1 amide bonds. The van der Waals surface area contributed by atoms with Crippen molar-refractivity contribution in [3.05, 3.63) is 28.5 Å². The maximum absolute atomic E-state index is 11.5. The first-order chi connectivity index (χ1) is 7.38. The van der Waals surface area contributed by atoms with Crippen molar-refractivity contribution < 1.29 is 9.90 Å². The fourth-order valence-electron chi connectivity index (χ4n) is 1.10. The molecule has 4 heteroatoms. The Labute approximate surface area is 99.8 Å². The molecule has 16 heavy (non-hydrogen) atoms. The van der Waals surface area contributed by atoms with Crippen molar-refractivity contribution in [3.63, 3.8) is 0 Å². The van der Waals surface area contributed by atoms with Gasteiger partial charge in [0.05, 0.1) is 0 Å². The predicted molar refractivity (Wildman–Crippen MR) is 67.3 cm³/mol. The molecule has 0 saturated carbocycles. The lowest BCUT2D eigenvalue weighted by molar-refractivity contribution is -0.128. The van der Waals surface area contributed by atoms with E-state index in [9.17, 15) is 9.90 Å². The molecule has 0 fully saturated rings. The van der Waals surface area contributed by atoms with Gasteiger partial charge < -0.3 is 10.4 Å². The van der Waals surface area contributed by atoms with Crippen LogP contribution in [0.2, 0.25) is 0 Å². The van der Waals surface area contributed by atoms with Crippen LogP contribution in [0.1, 0.15) is 25.6 Å². The summed E-state index contributed by atoms with van der Waals surface area (Å²) < 4.78 is 0. The van der Waals surface area contributed by atoms with E-state index in [4.69, 9.17) is 0 Å². The van der Waals surface area contributed by atoms with Gasteiger partial charge in [-0.15, -0.1) is 11.3 Å². The third-order valence-electron chi connectivity index (χ3n) is 1.75. The van der Waals surface area contributed by atoms with Gasteiger partial charge in [0.15, 0.2) is 6.10 Å². The third kappa shape index (κ3) is 4.59. The molecule has 1 rings (SSSR count). The molecule has 0 aliphatic carbocycles. The van der Waals surface area contributed by atoms with Crippen LogP contribution < -0.4 is 5.32 Å². The Kier molecular flexibility index (Phi) is 4.26. The van der Waals surface area contributed by atoms with E-state index < -0.39 is 6.10 Å². The summed E-state index contributed by atoms with van der Waals surface area (Å²) in [5, 5.41) is 14.2. The number of hydrogen-bond donors (Lipinski definition) is 2. The van der Waals surface area contributed by atoms with Crippen molar-refractivity contribution in [3.8, 4) is 0 Å². The van der Waals surface area contributed by atoms with Gasteiger partial charge in [-0.25, -0.2) is 0 Å². The number of nitrogens with one attached hydrogen (secondary N) is 1. The molecule has 0 saturated heterocycles. The van der Waals surface area contributed by atoms with Gasteiger partial charge in [-0.1, -0.05) is 6.07 Å². The van der Waals surface area contributed by atoms with Crippen molar-refractivity contribution in [1.29, 1.82) is 0 Å². The van der Waals surface area contributed by atoms with Crippen LogP contribution in [0, 0.1) is 0 Å². The van der Waals surface area contributed by atoms with E-state index in [1.54, 1.807) is 17.4 Å². The summed E-state index contributed by atoms with van der Waals surface area (Å²) in [4.78, 5) is 12.5. The zero-order valence-corrected chi connectivity index (χ0v) is 10.5. The smallest absolute Gasteiger partial charge is 0.253 e. The van der Waals surface area contributed by atoms with Crippen LogP contribution in [0.3, 0.4) is 0 Å². The topological polar surface area (TPSA) is 49.3 Å². The number of aliphatic hydroxyl groups excluding tert-OH is 1. The van der Waals surface area contributed by atoms with Gasteiger partial charge in [-0.3, -0.25) is 4.79 Å². The minimum absolute atomic E-state index is 0.325. The zero-order valence-electron chi connectivity index (χ0n) is 9.73. The predicted octanol–water partition coefficient (Wildman–Crippen LogP) is 2.04. The van der Waals surface area contributed by atoms with Crippen molar-refractivity contribution in [2.45, 2.75) is 32.4 Å². The van der Waals surface area contributed by atoms with E-state index in [-0.39, 0.29) is 11.4 Å². The molecule has 1 heterocycles. The van der Waals surface area contributed by atoms with E-state index in [0.29, 0.717) is 0 Å². The average molecular weight is 239 g/mol. The van der Waals surface area contributed by atoms with Crippen molar-refractivity contribution in [1.82, 2.24) is 5.32 Å². The fourth-order valence-corrected chi connectivity index (χ4v) is 1.73. The van der Waals surface area contributed by atoms with Crippen LogP contribution in [0.5, 0.6) is 0 Å². The van der Waals surface area contributed by atoms with Crippen molar-refractivity contribution >= 4 is 23.3 Å². The minimum atomic E-state index is -1.10. The molecule has 1 aromatic rings. The number of carbonyl (C=O) groups is 1. The molecule has 0 aliphatic heterocycles. The second-order valence-electron chi connectivity index (χ2n) is 4.56. The number of thiophene rings is 1. The first-order valence-electron chi connectivity index (χ1n) is 5.10. The molecular formula is C12H17NO2S. The summed E-state index contributed by atoms with van der Waals surface area (Å²) in [6.45, 7) is 5.63. The molecule has 0 spiro atoms. The second kappa shape index (κ2) is 5.27. The molecular weight excluding hydrogens is 222 g/mol. The Balaban J connectivity index is 2.52. The molecule has 1 atom stereocenters. The summed E-state index contributed by atoms with van der Waals surface area (Å²) in [7, 11) is 0. The van der Waals surface area contributed by atoms with E-state index in [2.05, 4.69) is 5.32 Å². The largest absolute Gasteiger partial charge is 0.379 e. The maximum atomic E-state index is 11.5. The highest BCUT2D eigenvalue weighted by atomic mass is 32.1. The minimum Gasteiger partial charge on any atom is -0.379 e. The fraction of sp³-hybridized carbons (Fsp3) is 0.417. The molecule has 0 aromatic carbocycles. The molecule has 0 bridgehead atoms. The highest BCUT2D eigenvalue weighted by Gasteiger charge is 2.18. The van der Waals surface area contributed by atoms with E-state index in [1.807, 2.05) is 38.3 Å². The third-order valence-corrected chi connectivity index (χ3v) is 2.59. The summed E-state index contributed by atoms with van der Waals surface area (Å²) in [5.41, 5.74) is -0.325. The van der Waals surface area contributed by atoms with Crippen molar-refractivity contribution in [2.24, 2.45) is 0 Å². The number of carbonyl (C=O) groups excluding carboxylic acids is 1. The Bertz CT molecular complexity index is 363. The highest BCUT2D eigenvalue weighted by Crippen LogP contribution is 2.11. The molecule has 0 unspecified atom stereocenters. The number of hydrogen-bond acceptors (Lipinski definition) is 3. The van der Waals surface area contributed by atoms with Gasteiger partial charge in [0.2, 0.25) is 0 Å². The standard InChI is InChI=1S/C12H17NO2S/c1-12(2,3)13-11(15)10(14)7-6-9-5-4-8-16-9/h4-8,10,14H,1-3H3,(H,13,15)/b7-6+/t10-/m0/s1. The Morgan fingerprint density at radius 1 is 1.56 bits per heavy atom. The number of amides is 1. The van der Waals surface area contributed by atoms with Crippen LogP contribution >= 0.6 is 11.3 Å². The van der Waals surface area contributed by atoms with Gasteiger partial charge in [-0.2, -0.15) is 0 Å². The van der Waals surface area contributed by atoms with E-state index >= 15 is 0 Å². The summed E-state index contributed by atoms with van der Waals surface area (Å²) in [6.07, 6.45) is 2.14. The quantitative estimate of drug-likeness (QED) is 0.848. The molecule has 88 valence electrons. The van der Waals surface area contributed by atoms with Crippen molar-refractivity contribution in [2.75, 3.05) is 0 Å². The summed E-state index contributed by atoms with van der Waals surface area (Å²) in [6, 6.07) is 3.85. The lowest BCUT2D eigenvalue weighted by Crippen LogP contribution is -2.45. The van der Waals surface area contributed by atoms with Gasteiger partial charge in [-0.05, 0) is 44.4 Å². The normalized spacial score (nSPS) is 14.0. The zero-order chi connectivity index (χ0) is 12.2. The summed E-state index contributed by atoms with van der Waals surface area (Å²) in [5.74, 6) is -0.375. The van der Waals surface area contributed by atoms with Gasteiger partial charge in [0.1, 0.15) is 0 Å². The first kappa shape index (κ1) is 12.9. The average Bonchev–Trinajstić information content (AvgIpc) is 2.63. The van der Waals surface area contributed by atoms with Gasteiger partial charge in [0, 0.05) is 10.4 Å². The lowest BCUT2D eigenvalue weighted by atomic mass is 10.1. The Hall–Kier alpha value is -1.13. The lowest BCUT2D eigenvalue weighted by Gasteiger charge is -2.21. The first-order valence-corrected chi connectivity index (χ1v) is 5.98. The Morgan fingerprint density at radius 2 is 2.25 bits per heavy atom. The highest BCUT2D eigenvalue weighted by molar-refractivity contribution is 7.10. The monoisotopic (exact) mass is 239 g/mol. The summed E-state index contributed by atoms with van der Waals surface area (Å²) >= 11 is 1.56. The van der Waals surface area contributed by atoms with E-state index in [1.165, 1.54) is 6.08 Å². The van der Waals surface area contributed by atoms with Gasteiger partial charge >= 0.3 is 0 Å². The van der Waals surface area contributed by atoms with Crippen LogP contribution in [0.25, 0.3) is 6.08 Å². The van der Waals surface area contributed by atoms with E-state index in [0.717, 1.165) is 4.88 Å².